The van der Waals surface area contributed by atoms with Gasteiger partial charge in [0.05, 0.1) is 17.4 Å². The van der Waals surface area contributed by atoms with Gasteiger partial charge in [-0.1, -0.05) is 6.92 Å². The van der Waals surface area contributed by atoms with E-state index in [2.05, 4.69) is 11.4 Å². The molecule has 4 unspecified atom stereocenters. The molecule has 0 aromatic heterocycles. The number of nitriles is 1. The molecule has 1 N–H and O–H groups in total. The predicted octanol–water partition coefficient (Wildman–Crippen LogP) is 2.96. The molecule has 4 saturated carbocycles. The molecule has 3 nitrogen and oxygen atoms in total. The average molecular weight is 278 g/mol. The van der Waals surface area contributed by atoms with Crippen molar-refractivity contribution in [3.05, 3.63) is 0 Å². The van der Waals surface area contributed by atoms with Crippen LogP contribution in [0.15, 0.2) is 0 Å². The Kier molecular flexibility index (Phi) is 3.08. The van der Waals surface area contributed by atoms with Gasteiger partial charge in [-0.3, -0.25) is 4.79 Å². The fourth-order valence-corrected chi connectivity index (χ4v) is 5.12. The number of nitrogens with zero attached hydrogens (tertiary/aromatic N) is 1. The van der Waals surface area contributed by atoms with Gasteiger partial charge in [0.1, 0.15) is 6.17 Å². The largest absolute Gasteiger partial charge is 0.350 e. The van der Waals surface area contributed by atoms with Crippen LogP contribution in [0.4, 0.5) is 4.39 Å². The van der Waals surface area contributed by atoms with Crippen LogP contribution in [0, 0.1) is 34.5 Å². The minimum absolute atomic E-state index is 0.185. The van der Waals surface area contributed by atoms with Gasteiger partial charge in [0, 0.05) is 5.54 Å². The molecule has 4 heteroatoms. The molecule has 110 valence electrons. The van der Waals surface area contributed by atoms with Gasteiger partial charge in [0.2, 0.25) is 5.91 Å². The van der Waals surface area contributed by atoms with E-state index in [1.807, 2.05) is 0 Å². The number of hydrogen-bond acceptors (Lipinski definition) is 2. The van der Waals surface area contributed by atoms with E-state index >= 15 is 0 Å². The van der Waals surface area contributed by atoms with Gasteiger partial charge >= 0.3 is 0 Å². The second kappa shape index (κ2) is 4.44. The summed E-state index contributed by atoms with van der Waals surface area (Å²) in [6, 6.07) is 2.53. The first kappa shape index (κ1) is 13.9. The molecule has 0 aromatic rings. The molecule has 0 aromatic carbocycles. The number of rotatable bonds is 3. The number of carbonyl (C=O) groups is 1. The van der Waals surface area contributed by atoms with Crippen LogP contribution < -0.4 is 5.32 Å². The molecule has 20 heavy (non-hydrogen) atoms. The molecule has 0 saturated heterocycles. The Bertz CT molecular complexity index is 454. The number of carbonyl (C=O) groups excluding carboxylic acids is 1. The molecule has 4 atom stereocenters. The van der Waals surface area contributed by atoms with Crippen molar-refractivity contribution < 1.29 is 9.18 Å². The SMILES string of the molecule is CC(F)C(C)C(=O)NC12CC3CC(CC(C#N)(C3)C1)C2. The van der Waals surface area contributed by atoms with Crippen molar-refractivity contribution in [2.24, 2.45) is 23.2 Å². The zero-order valence-electron chi connectivity index (χ0n) is 12.3. The highest BCUT2D eigenvalue weighted by molar-refractivity contribution is 5.79. The number of hydrogen-bond donors (Lipinski definition) is 1. The van der Waals surface area contributed by atoms with E-state index in [-0.39, 0.29) is 16.9 Å². The minimum Gasteiger partial charge on any atom is -0.350 e. The van der Waals surface area contributed by atoms with E-state index in [0.29, 0.717) is 11.8 Å². The van der Waals surface area contributed by atoms with E-state index in [4.69, 9.17) is 0 Å². The van der Waals surface area contributed by atoms with Crippen LogP contribution in [0.2, 0.25) is 0 Å². The van der Waals surface area contributed by atoms with Crippen molar-refractivity contribution in [3.63, 3.8) is 0 Å². The minimum atomic E-state index is -1.13. The summed E-state index contributed by atoms with van der Waals surface area (Å²) < 4.78 is 13.3. The summed E-state index contributed by atoms with van der Waals surface area (Å²) in [5, 5.41) is 12.7. The van der Waals surface area contributed by atoms with Gasteiger partial charge in [-0.25, -0.2) is 4.39 Å². The molecule has 0 radical (unpaired) electrons. The fraction of sp³-hybridized carbons (Fsp3) is 0.875. The van der Waals surface area contributed by atoms with Gasteiger partial charge in [-0.2, -0.15) is 5.26 Å². The van der Waals surface area contributed by atoms with Crippen molar-refractivity contribution in [1.29, 1.82) is 5.26 Å². The van der Waals surface area contributed by atoms with Crippen LogP contribution in [-0.2, 0) is 4.79 Å². The third-order valence-corrected chi connectivity index (χ3v) is 5.79. The standard InChI is InChI=1S/C16H23FN2O/c1-10(11(2)17)14(20)19-16-6-12-3-13(7-16)5-15(4-12,8-16)9-18/h10-13H,3-8H2,1-2H3,(H,19,20). The summed E-state index contributed by atoms with van der Waals surface area (Å²) in [4.78, 5) is 12.2. The van der Waals surface area contributed by atoms with E-state index in [1.54, 1.807) is 6.92 Å². The zero-order valence-corrected chi connectivity index (χ0v) is 12.3. The number of halogens is 1. The zero-order chi connectivity index (χ0) is 14.5. The molecule has 0 heterocycles. The lowest BCUT2D eigenvalue weighted by Crippen LogP contribution is -2.63. The van der Waals surface area contributed by atoms with Crippen LogP contribution in [0.25, 0.3) is 0 Å². The third kappa shape index (κ3) is 2.12. The van der Waals surface area contributed by atoms with Crippen LogP contribution >= 0.6 is 0 Å². The molecular weight excluding hydrogens is 255 g/mol. The van der Waals surface area contributed by atoms with Gasteiger partial charge in [-0.05, 0) is 57.3 Å². The van der Waals surface area contributed by atoms with Gasteiger partial charge in [-0.15, -0.1) is 0 Å². The first-order valence-corrected chi connectivity index (χ1v) is 7.74. The highest BCUT2D eigenvalue weighted by atomic mass is 19.1. The van der Waals surface area contributed by atoms with Crippen LogP contribution in [0.1, 0.15) is 52.4 Å². The molecule has 4 bridgehead atoms. The second-order valence-electron chi connectivity index (χ2n) is 7.59. The summed E-state index contributed by atoms with van der Waals surface area (Å²) in [6.07, 6.45) is 4.78. The van der Waals surface area contributed by atoms with Crippen molar-refractivity contribution >= 4 is 5.91 Å². The molecular formula is C16H23FN2O. The van der Waals surface area contributed by atoms with Crippen molar-refractivity contribution in [2.45, 2.75) is 64.1 Å². The van der Waals surface area contributed by atoms with Crippen molar-refractivity contribution in [2.75, 3.05) is 0 Å². The maximum absolute atomic E-state index is 13.3. The number of amides is 1. The van der Waals surface area contributed by atoms with Crippen LogP contribution in [0.5, 0.6) is 0 Å². The average Bonchev–Trinajstić information content (AvgIpc) is 2.35. The van der Waals surface area contributed by atoms with E-state index in [1.165, 1.54) is 13.3 Å². The van der Waals surface area contributed by atoms with Crippen LogP contribution in [-0.4, -0.2) is 17.6 Å². The first-order chi connectivity index (χ1) is 9.37. The Hall–Kier alpha value is -1.11. The molecule has 4 aliphatic rings. The fourth-order valence-electron chi connectivity index (χ4n) is 5.12. The van der Waals surface area contributed by atoms with E-state index in [0.717, 1.165) is 32.1 Å². The maximum atomic E-state index is 13.3. The molecule has 1 amide bonds. The van der Waals surface area contributed by atoms with Gasteiger partial charge < -0.3 is 5.32 Å². The monoisotopic (exact) mass is 278 g/mol. The van der Waals surface area contributed by atoms with Crippen LogP contribution in [0.3, 0.4) is 0 Å². The lowest BCUT2D eigenvalue weighted by Gasteiger charge is -2.60. The lowest BCUT2D eigenvalue weighted by atomic mass is 9.47. The Morgan fingerprint density at radius 2 is 1.90 bits per heavy atom. The Morgan fingerprint density at radius 1 is 1.30 bits per heavy atom. The quantitative estimate of drug-likeness (QED) is 0.863. The second-order valence-corrected chi connectivity index (χ2v) is 7.59. The lowest BCUT2D eigenvalue weighted by molar-refractivity contribution is -0.133. The molecule has 4 rings (SSSR count). The predicted molar refractivity (Wildman–Crippen MR) is 73.3 cm³/mol. The van der Waals surface area contributed by atoms with E-state index in [9.17, 15) is 14.4 Å². The first-order valence-electron chi connectivity index (χ1n) is 7.74. The number of alkyl halides is 1. The Balaban J connectivity index is 1.79. The van der Waals surface area contributed by atoms with Crippen molar-refractivity contribution in [3.8, 4) is 6.07 Å². The summed E-state index contributed by atoms with van der Waals surface area (Å²) in [5.74, 6) is 0.333. The Labute approximate surface area is 119 Å². The third-order valence-electron chi connectivity index (χ3n) is 5.79. The van der Waals surface area contributed by atoms with Gasteiger partial charge in [0.25, 0.3) is 0 Å². The number of nitrogens with one attached hydrogen (secondary N) is 1. The Morgan fingerprint density at radius 3 is 2.40 bits per heavy atom. The summed E-state index contributed by atoms with van der Waals surface area (Å²) >= 11 is 0. The van der Waals surface area contributed by atoms with Crippen molar-refractivity contribution in [1.82, 2.24) is 5.32 Å². The smallest absolute Gasteiger partial charge is 0.226 e. The molecule has 4 fully saturated rings. The maximum Gasteiger partial charge on any atom is 0.226 e. The topological polar surface area (TPSA) is 52.9 Å². The highest BCUT2D eigenvalue weighted by Crippen LogP contribution is 2.61. The molecule has 0 aliphatic heterocycles. The molecule has 4 aliphatic carbocycles. The van der Waals surface area contributed by atoms with Gasteiger partial charge in [0.15, 0.2) is 0 Å². The van der Waals surface area contributed by atoms with E-state index < -0.39 is 12.1 Å². The summed E-state index contributed by atoms with van der Waals surface area (Å²) in [6.45, 7) is 3.07. The normalized spacial score (nSPS) is 44.7. The summed E-state index contributed by atoms with van der Waals surface area (Å²) in [7, 11) is 0. The highest BCUT2D eigenvalue weighted by Gasteiger charge is 2.58. The molecule has 0 spiro atoms. The summed E-state index contributed by atoms with van der Waals surface area (Å²) in [5.41, 5.74) is -0.470.